The lowest BCUT2D eigenvalue weighted by atomic mass is 9.91. The highest BCUT2D eigenvalue weighted by molar-refractivity contribution is 5.83. The van der Waals surface area contributed by atoms with Gasteiger partial charge in [-0.05, 0) is 42.9 Å². The van der Waals surface area contributed by atoms with Gasteiger partial charge in [-0.15, -0.1) is 0 Å². The Morgan fingerprint density at radius 1 is 1.12 bits per heavy atom. The lowest BCUT2D eigenvalue weighted by Crippen LogP contribution is -2.34. The predicted octanol–water partition coefficient (Wildman–Crippen LogP) is 3.48. The van der Waals surface area contributed by atoms with Crippen LogP contribution in [0.15, 0.2) is 24.3 Å². The molecular formula is C19H27FN2O2. The van der Waals surface area contributed by atoms with Gasteiger partial charge in [0.1, 0.15) is 5.82 Å². The fourth-order valence-corrected chi connectivity index (χ4v) is 3.26. The zero-order valence-electron chi connectivity index (χ0n) is 14.3. The fourth-order valence-electron chi connectivity index (χ4n) is 3.26. The lowest BCUT2D eigenvalue weighted by molar-refractivity contribution is -0.127. The molecule has 0 bridgehead atoms. The van der Waals surface area contributed by atoms with Gasteiger partial charge in [0, 0.05) is 19.4 Å². The van der Waals surface area contributed by atoms with Crippen molar-refractivity contribution in [3.63, 3.8) is 0 Å². The van der Waals surface area contributed by atoms with Gasteiger partial charge in [0.25, 0.3) is 0 Å². The summed E-state index contributed by atoms with van der Waals surface area (Å²) in [5.74, 6) is -0.106. The lowest BCUT2D eigenvalue weighted by Gasteiger charge is -2.25. The summed E-state index contributed by atoms with van der Waals surface area (Å²) in [6.07, 6.45) is 5.73. The standard InChI is InChI=1S/C19H27FN2O2/c1-2-13-21-17(23)11-12-18(24)22-19(14-5-3-4-6-14)15-7-9-16(20)10-8-15/h7-10,14,19H,2-6,11-13H2,1H3,(H,21,23)(H,22,24)/t19-/m1/s1. The van der Waals surface area contributed by atoms with E-state index in [1.165, 1.54) is 12.1 Å². The number of carbonyl (C=O) groups is 2. The molecule has 2 N–H and O–H groups in total. The third-order valence-electron chi connectivity index (χ3n) is 4.57. The molecule has 0 heterocycles. The molecule has 0 radical (unpaired) electrons. The van der Waals surface area contributed by atoms with Crippen molar-refractivity contribution in [3.05, 3.63) is 35.6 Å². The molecule has 0 aromatic heterocycles. The van der Waals surface area contributed by atoms with Crippen LogP contribution in [-0.4, -0.2) is 18.4 Å². The molecule has 0 spiro atoms. The summed E-state index contributed by atoms with van der Waals surface area (Å²) in [5, 5.41) is 5.84. The molecule has 0 aliphatic heterocycles. The zero-order valence-corrected chi connectivity index (χ0v) is 14.3. The van der Waals surface area contributed by atoms with E-state index in [1.807, 2.05) is 6.92 Å². The Bertz CT molecular complexity index is 539. The maximum absolute atomic E-state index is 13.2. The van der Waals surface area contributed by atoms with E-state index in [4.69, 9.17) is 0 Å². The number of halogens is 1. The average molecular weight is 334 g/mol. The third kappa shape index (κ3) is 5.62. The molecule has 1 fully saturated rings. The number of rotatable bonds is 8. The number of nitrogens with one attached hydrogen (secondary N) is 2. The van der Waals surface area contributed by atoms with Crippen LogP contribution in [0, 0.1) is 11.7 Å². The summed E-state index contributed by atoms with van der Waals surface area (Å²) in [4.78, 5) is 23.9. The molecule has 1 saturated carbocycles. The molecule has 2 amide bonds. The van der Waals surface area contributed by atoms with E-state index in [1.54, 1.807) is 12.1 Å². The van der Waals surface area contributed by atoms with E-state index in [-0.39, 0.29) is 36.5 Å². The average Bonchev–Trinajstić information content (AvgIpc) is 3.11. The molecule has 1 aromatic carbocycles. The van der Waals surface area contributed by atoms with E-state index in [2.05, 4.69) is 10.6 Å². The highest BCUT2D eigenvalue weighted by Crippen LogP contribution is 2.35. The van der Waals surface area contributed by atoms with Crippen molar-refractivity contribution in [1.82, 2.24) is 10.6 Å². The Balaban J connectivity index is 1.93. The van der Waals surface area contributed by atoms with E-state index >= 15 is 0 Å². The van der Waals surface area contributed by atoms with Gasteiger partial charge in [-0.2, -0.15) is 0 Å². The molecule has 1 aliphatic rings. The van der Waals surface area contributed by atoms with Crippen molar-refractivity contribution >= 4 is 11.8 Å². The monoisotopic (exact) mass is 334 g/mol. The predicted molar refractivity (Wildman–Crippen MR) is 91.8 cm³/mol. The molecule has 5 heteroatoms. The Hall–Kier alpha value is -1.91. The smallest absolute Gasteiger partial charge is 0.221 e. The van der Waals surface area contributed by atoms with E-state index in [0.717, 1.165) is 37.7 Å². The molecular weight excluding hydrogens is 307 g/mol. The molecule has 1 aliphatic carbocycles. The van der Waals surface area contributed by atoms with Crippen LogP contribution in [0.3, 0.4) is 0 Å². The van der Waals surface area contributed by atoms with Crippen LogP contribution < -0.4 is 10.6 Å². The van der Waals surface area contributed by atoms with Gasteiger partial charge in [-0.3, -0.25) is 9.59 Å². The van der Waals surface area contributed by atoms with Crippen molar-refractivity contribution in [2.24, 2.45) is 5.92 Å². The third-order valence-corrected chi connectivity index (χ3v) is 4.57. The molecule has 1 aromatic rings. The van der Waals surface area contributed by atoms with Gasteiger partial charge in [-0.1, -0.05) is 31.9 Å². The van der Waals surface area contributed by atoms with Crippen LogP contribution in [0.5, 0.6) is 0 Å². The number of amides is 2. The number of carbonyl (C=O) groups excluding carboxylic acids is 2. The first-order valence-corrected chi connectivity index (χ1v) is 8.91. The largest absolute Gasteiger partial charge is 0.356 e. The topological polar surface area (TPSA) is 58.2 Å². The van der Waals surface area contributed by atoms with Crippen molar-refractivity contribution in [2.45, 2.75) is 57.9 Å². The molecule has 4 nitrogen and oxygen atoms in total. The van der Waals surface area contributed by atoms with Crippen LogP contribution >= 0.6 is 0 Å². The molecule has 0 saturated heterocycles. The van der Waals surface area contributed by atoms with Gasteiger partial charge in [0.05, 0.1) is 6.04 Å². The Morgan fingerprint density at radius 3 is 2.38 bits per heavy atom. The van der Waals surface area contributed by atoms with Crippen LogP contribution in [0.4, 0.5) is 4.39 Å². The Labute approximate surface area is 143 Å². The first-order valence-electron chi connectivity index (χ1n) is 8.91. The first-order chi connectivity index (χ1) is 11.6. The van der Waals surface area contributed by atoms with Crippen molar-refractivity contribution in [1.29, 1.82) is 0 Å². The van der Waals surface area contributed by atoms with Crippen LogP contribution in [-0.2, 0) is 9.59 Å². The summed E-state index contributed by atoms with van der Waals surface area (Å²) in [7, 11) is 0. The molecule has 2 rings (SSSR count). The summed E-state index contributed by atoms with van der Waals surface area (Å²) in [5.41, 5.74) is 0.937. The van der Waals surface area contributed by atoms with Crippen molar-refractivity contribution < 1.29 is 14.0 Å². The maximum Gasteiger partial charge on any atom is 0.221 e. The summed E-state index contributed by atoms with van der Waals surface area (Å²) in [6, 6.07) is 6.25. The maximum atomic E-state index is 13.2. The van der Waals surface area contributed by atoms with Gasteiger partial charge < -0.3 is 10.6 Å². The van der Waals surface area contributed by atoms with Gasteiger partial charge in [0.15, 0.2) is 0 Å². The number of hydrogen-bond acceptors (Lipinski definition) is 2. The van der Waals surface area contributed by atoms with Crippen molar-refractivity contribution in [3.8, 4) is 0 Å². The molecule has 0 unspecified atom stereocenters. The van der Waals surface area contributed by atoms with Crippen molar-refractivity contribution in [2.75, 3.05) is 6.54 Å². The summed E-state index contributed by atoms with van der Waals surface area (Å²) in [6.45, 7) is 2.63. The van der Waals surface area contributed by atoms with Crippen LogP contribution in [0.2, 0.25) is 0 Å². The van der Waals surface area contributed by atoms with E-state index in [0.29, 0.717) is 12.5 Å². The Morgan fingerprint density at radius 2 is 1.75 bits per heavy atom. The Kier molecular flexibility index (Phi) is 7.22. The van der Waals surface area contributed by atoms with Crippen LogP contribution in [0.25, 0.3) is 0 Å². The van der Waals surface area contributed by atoms with Gasteiger partial charge in [0.2, 0.25) is 11.8 Å². The fraction of sp³-hybridized carbons (Fsp3) is 0.579. The second kappa shape index (κ2) is 9.40. The molecule has 24 heavy (non-hydrogen) atoms. The van der Waals surface area contributed by atoms with E-state index < -0.39 is 0 Å². The molecule has 132 valence electrons. The SMILES string of the molecule is CCCNC(=O)CCC(=O)N[C@@H](c1ccc(F)cc1)C1CCCC1. The van der Waals surface area contributed by atoms with Gasteiger partial charge >= 0.3 is 0 Å². The highest BCUT2D eigenvalue weighted by Gasteiger charge is 2.27. The first kappa shape index (κ1) is 18.4. The summed E-state index contributed by atoms with van der Waals surface area (Å²) >= 11 is 0. The van der Waals surface area contributed by atoms with Crippen LogP contribution in [0.1, 0.15) is 63.5 Å². The number of benzene rings is 1. The normalized spacial score (nSPS) is 15.9. The molecule has 1 atom stereocenters. The second-order valence-electron chi connectivity index (χ2n) is 6.49. The number of hydrogen-bond donors (Lipinski definition) is 2. The van der Waals surface area contributed by atoms with Gasteiger partial charge in [-0.25, -0.2) is 4.39 Å². The minimum atomic E-state index is -0.275. The summed E-state index contributed by atoms with van der Waals surface area (Å²) < 4.78 is 13.2. The highest BCUT2D eigenvalue weighted by atomic mass is 19.1. The quantitative estimate of drug-likeness (QED) is 0.765. The minimum absolute atomic E-state index is 0.0915. The second-order valence-corrected chi connectivity index (χ2v) is 6.49. The van der Waals surface area contributed by atoms with E-state index in [9.17, 15) is 14.0 Å². The zero-order chi connectivity index (χ0) is 17.4. The minimum Gasteiger partial charge on any atom is -0.356 e.